The summed E-state index contributed by atoms with van der Waals surface area (Å²) in [6, 6.07) is 5.96. The summed E-state index contributed by atoms with van der Waals surface area (Å²) in [7, 11) is 2.02. The van der Waals surface area contributed by atoms with E-state index in [1.54, 1.807) is 6.07 Å². The molecule has 1 aliphatic rings. The van der Waals surface area contributed by atoms with Crippen LogP contribution in [0, 0.1) is 0 Å². The maximum atomic E-state index is 11.4. The van der Waals surface area contributed by atoms with E-state index in [1.165, 1.54) is 25.7 Å². The molecule has 1 N–H and O–H groups in total. The van der Waals surface area contributed by atoms with Crippen LogP contribution < -0.4 is 4.90 Å². The average Bonchev–Trinajstić information content (AvgIpc) is 2.66. The van der Waals surface area contributed by atoms with Gasteiger partial charge in [-0.25, -0.2) is 4.79 Å². The van der Waals surface area contributed by atoms with E-state index < -0.39 is 5.97 Å². The van der Waals surface area contributed by atoms with Gasteiger partial charge in [0, 0.05) is 17.6 Å². The predicted octanol–water partition coefficient (Wildman–Crippen LogP) is 4.31. The number of hydrogen-bond acceptors (Lipinski definition) is 2. The monoisotopic (exact) mass is 325 g/mol. The molecule has 1 aliphatic carbocycles. The number of carbonyl (C=O) groups is 1. The molecule has 19 heavy (non-hydrogen) atoms. The minimum atomic E-state index is -0.864. The van der Waals surface area contributed by atoms with Crippen LogP contribution in [-0.2, 0) is 0 Å². The molecule has 0 heterocycles. The van der Waals surface area contributed by atoms with Crippen LogP contribution in [0.1, 0.15) is 48.9 Å². The molecule has 0 aliphatic heterocycles. The Kier molecular flexibility index (Phi) is 4.86. The van der Waals surface area contributed by atoms with Gasteiger partial charge in [-0.2, -0.15) is 0 Å². The van der Waals surface area contributed by atoms with Crippen LogP contribution in [0.5, 0.6) is 0 Å². The highest BCUT2D eigenvalue weighted by Crippen LogP contribution is 2.29. The summed E-state index contributed by atoms with van der Waals surface area (Å²) in [5.74, 6) is -0.864. The number of hydrogen-bond donors (Lipinski definition) is 1. The number of benzene rings is 1. The van der Waals surface area contributed by atoms with Crippen molar-refractivity contribution in [1.29, 1.82) is 0 Å². The van der Waals surface area contributed by atoms with Crippen molar-refractivity contribution in [3.63, 3.8) is 0 Å². The smallest absolute Gasteiger partial charge is 0.337 e. The van der Waals surface area contributed by atoms with E-state index in [0.717, 1.165) is 23.0 Å². The molecule has 4 heteroatoms. The Hall–Kier alpha value is -1.03. The summed E-state index contributed by atoms with van der Waals surface area (Å²) in [4.78, 5) is 13.5. The zero-order valence-electron chi connectivity index (χ0n) is 11.2. The van der Waals surface area contributed by atoms with Crippen LogP contribution in [0.3, 0.4) is 0 Å². The number of carboxylic acids is 1. The number of nitrogens with zero attached hydrogens (tertiary/aromatic N) is 1. The molecule has 104 valence electrons. The first-order valence-corrected chi connectivity index (χ1v) is 7.64. The first kappa shape index (κ1) is 14.4. The molecular formula is C15H20BrNO2. The second-order valence-electron chi connectivity index (χ2n) is 5.22. The van der Waals surface area contributed by atoms with Crippen LogP contribution in [0.15, 0.2) is 22.7 Å². The fourth-order valence-electron chi connectivity index (χ4n) is 2.83. The molecule has 3 nitrogen and oxygen atoms in total. The predicted molar refractivity (Wildman–Crippen MR) is 81.0 cm³/mol. The lowest BCUT2D eigenvalue weighted by molar-refractivity contribution is 0.0697. The van der Waals surface area contributed by atoms with Gasteiger partial charge in [0.15, 0.2) is 0 Å². The van der Waals surface area contributed by atoms with Gasteiger partial charge in [-0.3, -0.25) is 0 Å². The Morgan fingerprint density at radius 1 is 1.26 bits per heavy atom. The highest BCUT2D eigenvalue weighted by molar-refractivity contribution is 9.10. The number of aromatic carboxylic acids is 1. The minimum absolute atomic E-state index is 0.376. The molecule has 0 saturated heterocycles. The molecule has 1 aromatic carbocycles. The summed E-state index contributed by atoms with van der Waals surface area (Å²) in [6.07, 6.45) is 7.41. The summed E-state index contributed by atoms with van der Waals surface area (Å²) in [5.41, 5.74) is 1.20. The fourth-order valence-corrected chi connectivity index (χ4v) is 3.19. The van der Waals surface area contributed by atoms with Gasteiger partial charge in [0.1, 0.15) is 0 Å². The van der Waals surface area contributed by atoms with Crippen molar-refractivity contribution in [2.24, 2.45) is 0 Å². The highest BCUT2D eigenvalue weighted by atomic mass is 79.9. The Morgan fingerprint density at radius 3 is 2.47 bits per heavy atom. The lowest BCUT2D eigenvalue weighted by Crippen LogP contribution is -2.32. The van der Waals surface area contributed by atoms with Crippen molar-refractivity contribution >= 4 is 27.6 Å². The van der Waals surface area contributed by atoms with E-state index in [1.807, 2.05) is 19.2 Å². The maximum absolute atomic E-state index is 11.4. The van der Waals surface area contributed by atoms with Gasteiger partial charge in [-0.1, -0.05) is 41.6 Å². The Balaban J connectivity index is 2.26. The quantitative estimate of drug-likeness (QED) is 0.842. The Bertz CT molecular complexity index is 453. The summed E-state index contributed by atoms with van der Waals surface area (Å²) >= 11 is 3.34. The molecule has 0 amide bonds. The van der Waals surface area contributed by atoms with E-state index in [9.17, 15) is 9.90 Å². The van der Waals surface area contributed by atoms with E-state index in [4.69, 9.17) is 0 Å². The van der Waals surface area contributed by atoms with Gasteiger partial charge in [0.2, 0.25) is 0 Å². The number of halogens is 1. The van der Waals surface area contributed by atoms with Gasteiger partial charge >= 0.3 is 5.97 Å². The van der Waals surface area contributed by atoms with Crippen LogP contribution in [0.2, 0.25) is 0 Å². The first-order valence-electron chi connectivity index (χ1n) is 6.85. The fraction of sp³-hybridized carbons (Fsp3) is 0.533. The molecule has 1 aromatic rings. The van der Waals surface area contributed by atoms with E-state index in [0.29, 0.717) is 11.6 Å². The number of carboxylic acid groups (broad SMARTS) is 1. The van der Waals surface area contributed by atoms with Crippen LogP contribution in [0.25, 0.3) is 0 Å². The summed E-state index contributed by atoms with van der Waals surface area (Å²) in [6.45, 7) is 0. The van der Waals surface area contributed by atoms with Crippen molar-refractivity contribution < 1.29 is 9.90 Å². The van der Waals surface area contributed by atoms with Crippen molar-refractivity contribution in [3.8, 4) is 0 Å². The standard InChI is InChI=1S/C15H20BrNO2/c1-17(12-6-4-2-3-5-7-12)14-9-8-11(16)10-13(14)15(18)19/h8-10,12H,2-7H2,1H3,(H,18,19). The topological polar surface area (TPSA) is 40.5 Å². The van der Waals surface area contributed by atoms with Crippen molar-refractivity contribution in [3.05, 3.63) is 28.2 Å². The number of rotatable bonds is 3. The second kappa shape index (κ2) is 6.42. The van der Waals surface area contributed by atoms with Crippen LogP contribution in [-0.4, -0.2) is 24.2 Å². The third kappa shape index (κ3) is 3.50. The van der Waals surface area contributed by atoms with Gasteiger partial charge in [-0.15, -0.1) is 0 Å². The largest absolute Gasteiger partial charge is 0.478 e. The minimum Gasteiger partial charge on any atom is -0.478 e. The summed E-state index contributed by atoms with van der Waals surface area (Å²) in [5, 5.41) is 9.35. The average molecular weight is 326 g/mol. The SMILES string of the molecule is CN(c1ccc(Br)cc1C(=O)O)C1CCCCCC1. The zero-order chi connectivity index (χ0) is 13.8. The van der Waals surface area contributed by atoms with E-state index in [2.05, 4.69) is 20.8 Å². The van der Waals surface area contributed by atoms with Crippen molar-refractivity contribution in [2.75, 3.05) is 11.9 Å². The van der Waals surface area contributed by atoms with Gasteiger partial charge in [0.25, 0.3) is 0 Å². The maximum Gasteiger partial charge on any atom is 0.337 e. The lowest BCUT2D eigenvalue weighted by atomic mass is 10.0. The van der Waals surface area contributed by atoms with E-state index >= 15 is 0 Å². The number of anilines is 1. The molecule has 2 rings (SSSR count). The van der Waals surface area contributed by atoms with Crippen molar-refractivity contribution in [2.45, 2.75) is 44.6 Å². The molecular weight excluding hydrogens is 306 g/mol. The molecule has 0 spiro atoms. The molecule has 0 bridgehead atoms. The van der Waals surface area contributed by atoms with Crippen molar-refractivity contribution in [1.82, 2.24) is 0 Å². The molecule has 0 aromatic heterocycles. The lowest BCUT2D eigenvalue weighted by Gasteiger charge is -2.30. The van der Waals surface area contributed by atoms with Crippen LogP contribution in [0.4, 0.5) is 5.69 Å². The van der Waals surface area contributed by atoms with E-state index in [-0.39, 0.29) is 0 Å². The van der Waals surface area contributed by atoms with Gasteiger partial charge in [0.05, 0.1) is 11.3 Å². The van der Waals surface area contributed by atoms with Gasteiger partial charge < -0.3 is 10.0 Å². The normalized spacial score (nSPS) is 16.9. The Morgan fingerprint density at radius 2 is 1.89 bits per heavy atom. The van der Waals surface area contributed by atoms with Gasteiger partial charge in [-0.05, 0) is 31.0 Å². The first-order chi connectivity index (χ1) is 9.09. The second-order valence-corrected chi connectivity index (χ2v) is 6.14. The molecule has 1 saturated carbocycles. The third-order valence-electron chi connectivity index (χ3n) is 3.94. The Labute approximate surface area is 122 Å². The molecule has 1 fully saturated rings. The van der Waals surface area contributed by atoms with Crippen LogP contribution >= 0.6 is 15.9 Å². The molecule has 0 atom stereocenters. The zero-order valence-corrected chi connectivity index (χ0v) is 12.8. The third-order valence-corrected chi connectivity index (χ3v) is 4.43. The summed E-state index contributed by atoms with van der Waals surface area (Å²) < 4.78 is 0.808. The highest BCUT2D eigenvalue weighted by Gasteiger charge is 2.21. The molecule has 0 radical (unpaired) electrons. The molecule has 0 unspecified atom stereocenters.